The summed E-state index contributed by atoms with van der Waals surface area (Å²) in [5, 5.41) is 9.37. The van der Waals surface area contributed by atoms with Crippen LogP contribution in [0.2, 0.25) is 0 Å². The van der Waals surface area contributed by atoms with Crippen LogP contribution in [0, 0.1) is 124 Å². The van der Waals surface area contributed by atoms with Gasteiger partial charge >= 0.3 is 0 Å². The average molecular weight is 1730 g/mol. The number of allylic oxidation sites excluding steroid dienone is 1. The Morgan fingerprint density at radius 3 is 0.951 bits per heavy atom. The molecular weight excluding hydrogens is 1620 g/mol. The molecule has 10 aromatic carbocycles. The number of benzene rings is 10. The van der Waals surface area contributed by atoms with Gasteiger partial charge in [0.2, 0.25) is 0 Å². The lowest BCUT2D eigenvalue weighted by Crippen LogP contribution is -2.27. The van der Waals surface area contributed by atoms with Crippen LogP contribution in [0.4, 0.5) is 70.2 Å². The zero-order valence-electron chi connectivity index (χ0n) is 71.4. The molecule has 123 heavy (non-hydrogen) atoms. The van der Waals surface area contributed by atoms with Gasteiger partial charge in [-0.25, -0.2) is 70.2 Å². The van der Waals surface area contributed by atoms with Crippen molar-refractivity contribution in [2.24, 2.45) is 23.7 Å². The van der Waals surface area contributed by atoms with Crippen molar-refractivity contribution in [1.29, 1.82) is 0 Å². The number of methoxy groups -OCH3 is 2. The monoisotopic (exact) mass is 1730 g/mol. The van der Waals surface area contributed by atoms with E-state index in [1.54, 1.807) is 31.2 Å². The van der Waals surface area contributed by atoms with Crippen molar-refractivity contribution in [2.75, 3.05) is 55.6 Å². The summed E-state index contributed by atoms with van der Waals surface area (Å²) in [5.41, 5.74) is -7.93. The van der Waals surface area contributed by atoms with Gasteiger partial charge in [-0.3, -0.25) is 4.79 Å². The molecule has 2 atom stereocenters. The predicted molar refractivity (Wildman–Crippen MR) is 458 cm³/mol. The van der Waals surface area contributed by atoms with Gasteiger partial charge in [-0.05, 0) is 126 Å². The first kappa shape index (κ1) is 103. The molecular formula is C99H109F16NO7. The summed E-state index contributed by atoms with van der Waals surface area (Å²) in [6.45, 7) is 21.5. The highest BCUT2D eigenvalue weighted by Crippen LogP contribution is 2.46. The maximum atomic E-state index is 15.6. The minimum Gasteiger partial charge on any atom is -0.870 e. The standard InChI is InChI=1S/C47H44F8O2.C28H18F8.C19H30O4.C4H12N.CH4.H2O/c1-7-9-32-24-34(56-6)33(25-35(32)57-23-22-27(4)11-8-10-26(2)3)21-16-29-14-19-31(20-15-29)37-42(50)46(54)39(47(55)43(37)51)38-44(52)40(48)36(41(49)45(38)53)30-17-12-28(5)13-18-30;1-3-13-5-9-15(10-6-13)17-21(29)25(33)19(26(34)22(17)30)20-27(35)23(31)18(24(32)28(20)36)16-11-7-14(4-2)8-12-16;1-14(2)6-5-7-15(3)8-9-23-19-11-16(12-20)18(22-4)10-17(19)13-21;1-5(2,3)4;;/h7,9,12-21,24-27H,8,10-11,22-23H2,1-6H3;5-12H,3-4H2,1-2H3;10-11,13-15,20H,5-9,12H2,1-4H3;1-4H3;1H4;1H2/q;;;+1;;/p-1/b9-7+,21-16+;;;;;. The van der Waals surface area contributed by atoms with Crippen LogP contribution in [0.15, 0.2) is 127 Å². The number of ether oxygens (including phenoxy) is 4. The Balaban J connectivity index is 0.000000346. The van der Waals surface area contributed by atoms with Crippen molar-refractivity contribution in [3.63, 3.8) is 0 Å². The Morgan fingerprint density at radius 2 is 0.659 bits per heavy atom. The molecule has 664 valence electrons. The first-order valence-corrected chi connectivity index (χ1v) is 40.0. The Morgan fingerprint density at radius 1 is 0.374 bits per heavy atom. The van der Waals surface area contributed by atoms with Gasteiger partial charge in [0, 0.05) is 16.7 Å². The Kier molecular flexibility index (Phi) is 39.5. The number of aldehydes is 1. The van der Waals surface area contributed by atoms with Crippen LogP contribution in [0.5, 0.6) is 23.0 Å². The van der Waals surface area contributed by atoms with Crippen molar-refractivity contribution in [1.82, 2.24) is 0 Å². The second kappa shape index (κ2) is 47.2. The lowest BCUT2D eigenvalue weighted by molar-refractivity contribution is -0.849. The second-order valence-corrected chi connectivity index (χ2v) is 31.9. The molecule has 10 rings (SSSR count). The van der Waals surface area contributed by atoms with E-state index in [2.05, 4.69) is 69.7 Å². The number of hydrogen-bond acceptors (Lipinski definition) is 7. The van der Waals surface area contributed by atoms with E-state index in [-0.39, 0.29) is 41.8 Å². The van der Waals surface area contributed by atoms with Gasteiger partial charge in [-0.15, -0.1) is 0 Å². The fraction of sp³-hybridized carbons (Fsp3) is 0.343. The van der Waals surface area contributed by atoms with E-state index in [0.717, 1.165) is 52.6 Å². The fourth-order valence-corrected chi connectivity index (χ4v) is 13.2. The smallest absolute Gasteiger partial charge is 0.170 e. The van der Waals surface area contributed by atoms with Crippen LogP contribution < -0.4 is 18.9 Å². The molecule has 2 N–H and O–H groups in total. The van der Waals surface area contributed by atoms with Crippen molar-refractivity contribution < 1.29 is 109 Å². The highest BCUT2D eigenvalue weighted by atomic mass is 19.2. The van der Waals surface area contributed by atoms with E-state index in [1.165, 1.54) is 143 Å². The molecule has 0 aliphatic rings. The van der Waals surface area contributed by atoms with Crippen LogP contribution >= 0.6 is 0 Å². The minimum absolute atomic E-state index is 0. The molecule has 0 heterocycles. The van der Waals surface area contributed by atoms with Crippen LogP contribution in [0.25, 0.3) is 85.0 Å². The maximum absolute atomic E-state index is 15.6. The molecule has 0 spiro atoms. The van der Waals surface area contributed by atoms with Crippen molar-refractivity contribution >= 4 is 24.5 Å². The molecule has 0 saturated heterocycles. The molecule has 24 heteroatoms. The van der Waals surface area contributed by atoms with E-state index >= 15 is 35.1 Å². The summed E-state index contributed by atoms with van der Waals surface area (Å²) >= 11 is 0. The van der Waals surface area contributed by atoms with E-state index in [9.17, 15) is 45.0 Å². The van der Waals surface area contributed by atoms with Crippen LogP contribution in [-0.2, 0) is 19.4 Å². The second-order valence-electron chi connectivity index (χ2n) is 31.9. The third kappa shape index (κ3) is 26.2. The van der Waals surface area contributed by atoms with Crippen molar-refractivity contribution in [3.8, 4) is 89.8 Å². The van der Waals surface area contributed by atoms with Gasteiger partial charge in [0.15, 0.2) is 99.4 Å². The minimum atomic E-state index is -2.24. The number of nitrogens with zero attached hydrogens (tertiary/aromatic N) is 1. The highest BCUT2D eigenvalue weighted by molar-refractivity contribution is 5.83. The lowest BCUT2D eigenvalue weighted by Gasteiger charge is -2.16. The number of rotatable bonds is 31. The summed E-state index contributed by atoms with van der Waals surface area (Å²) < 4.78 is 267. The SMILES string of the molecule is C.C/C=C/c1cc(OC)c(/C=C/c2ccc(-c3c(F)c(F)c(-c4c(F)c(F)c(-c5ccc(C)cc5)c(F)c4F)c(F)c3F)cc2)cc1OCCC(C)CCCC(C)C.CCc1ccc(-c2c(F)c(F)c(-c3c(F)c(F)c(-c4ccc(CC)cc4)c(F)c3F)c(F)c2F)cc1.COc1cc(C=O)c(OCCC(C)CCCC(C)C)cc1CO.C[N+](C)(C)C.[OH-]. The predicted octanol–water partition coefficient (Wildman–Crippen LogP) is 28.5. The first-order chi connectivity index (χ1) is 57.3. The Hall–Kier alpha value is -10.7. The van der Waals surface area contributed by atoms with Crippen molar-refractivity contribution in [3.05, 3.63) is 265 Å². The largest absolute Gasteiger partial charge is 0.870 e. The molecule has 0 aliphatic heterocycles. The van der Waals surface area contributed by atoms with Gasteiger partial charge in [0.25, 0.3) is 0 Å². The number of carbonyl (C=O) groups excluding carboxylic acids is 1. The number of aliphatic hydroxyl groups is 1. The molecule has 0 saturated carbocycles. The molecule has 2 unspecified atom stereocenters. The molecule has 8 nitrogen and oxygen atoms in total. The van der Waals surface area contributed by atoms with E-state index in [1.807, 2.05) is 45.1 Å². The summed E-state index contributed by atoms with van der Waals surface area (Å²) in [6, 6.07) is 28.3. The molecule has 0 fully saturated rings. The molecule has 0 bridgehead atoms. The van der Waals surface area contributed by atoms with Crippen LogP contribution in [-0.4, -0.2) is 77.0 Å². The topological polar surface area (TPSA) is 104 Å². The highest BCUT2D eigenvalue weighted by Gasteiger charge is 2.37. The number of aliphatic hydroxyl groups excluding tert-OH is 1. The number of quaternary nitrogens is 1. The van der Waals surface area contributed by atoms with Gasteiger partial charge in [-0.2, -0.15) is 0 Å². The third-order valence-electron chi connectivity index (χ3n) is 20.0. The van der Waals surface area contributed by atoms with Gasteiger partial charge in [0.05, 0.1) is 112 Å². The quantitative estimate of drug-likeness (QED) is 0.0152. The van der Waals surface area contributed by atoms with E-state index in [0.29, 0.717) is 94.6 Å². The Bertz CT molecular complexity index is 5020. The first-order valence-electron chi connectivity index (χ1n) is 40.0. The summed E-state index contributed by atoms with van der Waals surface area (Å²) in [4.78, 5) is 11.2. The number of halogens is 16. The summed E-state index contributed by atoms with van der Waals surface area (Å²) in [7, 11) is 11.5. The fourth-order valence-electron chi connectivity index (χ4n) is 13.2. The summed E-state index contributed by atoms with van der Waals surface area (Å²) in [6.07, 6.45) is 18.2. The third-order valence-corrected chi connectivity index (χ3v) is 20.0. The van der Waals surface area contributed by atoms with Gasteiger partial charge in [0.1, 0.15) is 23.0 Å². The van der Waals surface area contributed by atoms with E-state index < -0.39 is 138 Å². The molecule has 0 aliphatic carbocycles. The molecule has 0 amide bonds. The normalized spacial score (nSPS) is 11.8. The van der Waals surface area contributed by atoms with Gasteiger partial charge in [-0.1, -0.05) is 228 Å². The molecule has 0 aromatic heterocycles. The molecule has 10 aromatic rings. The average Bonchev–Trinajstić information content (AvgIpc) is 0.740. The summed E-state index contributed by atoms with van der Waals surface area (Å²) in [5.74, 6) is -28.8. The van der Waals surface area contributed by atoms with Gasteiger partial charge < -0.3 is 34.0 Å². The van der Waals surface area contributed by atoms with Crippen molar-refractivity contribution in [2.45, 2.75) is 147 Å². The van der Waals surface area contributed by atoms with Crippen LogP contribution in [0.1, 0.15) is 170 Å². The molecule has 0 radical (unpaired) electrons. The zero-order valence-corrected chi connectivity index (χ0v) is 71.4. The number of carbonyl (C=O) groups is 1. The number of hydrogen-bond donors (Lipinski definition) is 1. The zero-order chi connectivity index (χ0) is 89.6. The van der Waals surface area contributed by atoms with E-state index in [4.69, 9.17) is 18.9 Å². The lowest BCUT2D eigenvalue weighted by atomic mass is 9.93. The Labute approximate surface area is 711 Å². The number of aryl methyl sites for hydroxylation is 3. The van der Waals surface area contributed by atoms with Crippen LogP contribution in [0.3, 0.4) is 0 Å². The maximum Gasteiger partial charge on any atom is 0.170 e.